The molecule has 0 saturated heterocycles. The monoisotopic (exact) mass is 234 g/mol. The zero-order valence-electron chi connectivity index (χ0n) is 11.7. The Morgan fingerprint density at radius 1 is 0.824 bits per heavy atom. The molecule has 2 heterocycles. The van der Waals surface area contributed by atoms with Crippen LogP contribution in [-0.4, -0.2) is 9.36 Å². The fourth-order valence-electron chi connectivity index (χ4n) is 2.33. The third-order valence-corrected chi connectivity index (χ3v) is 3.66. The van der Waals surface area contributed by atoms with Crippen molar-refractivity contribution in [2.75, 3.05) is 0 Å². The van der Waals surface area contributed by atoms with Gasteiger partial charge in [0.25, 0.3) is 0 Å². The highest BCUT2D eigenvalue weighted by atomic mass is 15.5. The third-order valence-electron chi connectivity index (χ3n) is 3.66. The summed E-state index contributed by atoms with van der Waals surface area (Å²) in [7, 11) is 4.21. The molecule has 0 fully saturated rings. The first-order valence-corrected chi connectivity index (χ1v) is 5.98. The Labute approximate surface area is 103 Å². The average Bonchev–Trinajstić information content (AvgIpc) is 2.62. The average molecular weight is 234 g/mol. The second-order valence-corrected chi connectivity index (χ2v) is 4.84. The SMILES string of the molecule is Cc1cc(C)[n+](C)n1Cn1c(C)cc(C)[n+]1C. The topological polar surface area (TPSA) is 17.6 Å². The molecule has 0 aliphatic carbocycles. The zero-order chi connectivity index (χ0) is 12.7. The van der Waals surface area contributed by atoms with Crippen LogP contribution >= 0.6 is 0 Å². The van der Waals surface area contributed by atoms with Crippen molar-refractivity contribution in [1.29, 1.82) is 0 Å². The second kappa shape index (κ2) is 4.02. The van der Waals surface area contributed by atoms with Gasteiger partial charge in [0, 0.05) is 26.0 Å². The highest BCUT2D eigenvalue weighted by molar-refractivity contribution is 5.03. The molecule has 0 aliphatic rings. The minimum absolute atomic E-state index is 0.854. The van der Waals surface area contributed by atoms with Gasteiger partial charge in [-0.1, -0.05) is 0 Å². The summed E-state index contributed by atoms with van der Waals surface area (Å²) in [5, 5.41) is 0. The van der Waals surface area contributed by atoms with E-state index in [4.69, 9.17) is 0 Å². The second-order valence-electron chi connectivity index (χ2n) is 4.84. The molecule has 0 aliphatic heterocycles. The van der Waals surface area contributed by atoms with Gasteiger partial charge in [-0.05, 0) is 13.8 Å². The summed E-state index contributed by atoms with van der Waals surface area (Å²) < 4.78 is 8.96. The summed E-state index contributed by atoms with van der Waals surface area (Å²) in [5.74, 6) is 0. The summed E-state index contributed by atoms with van der Waals surface area (Å²) in [6, 6.07) is 4.43. The van der Waals surface area contributed by atoms with Crippen molar-refractivity contribution < 1.29 is 9.36 Å². The summed E-state index contributed by atoms with van der Waals surface area (Å²) in [6.07, 6.45) is 0. The smallest absolute Gasteiger partial charge is 0.132 e. The van der Waals surface area contributed by atoms with Gasteiger partial charge in [0.1, 0.15) is 0 Å². The van der Waals surface area contributed by atoms with Crippen molar-refractivity contribution in [3.05, 3.63) is 34.9 Å². The molecule has 0 spiro atoms. The molecular weight excluding hydrogens is 212 g/mol. The number of hydrogen-bond donors (Lipinski definition) is 0. The lowest BCUT2D eigenvalue weighted by Gasteiger charge is -2.05. The van der Waals surface area contributed by atoms with Crippen molar-refractivity contribution in [2.45, 2.75) is 34.4 Å². The van der Waals surface area contributed by atoms with E-state index in [2.05, 4.69) is 72.7 Å². The Hall–Kier alpha value is -1.58. The Bertz CT molecular complexity index is 510. The van der Waals surface area contributed by atoms with Crippen molar-refractivity contribution in [1.82, 2.24) is 9.36 Å². The first-order valence-electron chi connectivity index (χ1n) is 5.98. The number of nitrogens with zero attached hydrogens (tertiary/aromatic N) is 4. The molecule has 2 aromatic heterocycles. The first-order chi connectivity index (χ1) is 7.91. The molecule has 0 saturated carbocycles. The molecule has 4 nitrogen and oxygen atoms in total. The van der Waals surface area contributed by atoms with Gasteiger partial charge in [-0.3, -0.25) is 0 Å². The molecule has 0 unspecified atom stereocenters. The molecule has 0 N–H and O–H groups in total. The Morgan fingerprint density at radius 3 is 1.41 bits per heavy atom. The maximum Gasteiger partial charge on any atom is 0.206 e. The van der Waals surface area contributed by atoms with E-state index in [1.807, 2.05) is 0 Å². The minimum Gasteiger partial charge on any atom is -0.132 e. The lowest BCUT2D eigenvalue weighted by Crippen LogP contribution is -2.49. The molecule has 92 valence electrons. The van der Waals surface area contributed by atoms with Crippen molar-refractivity contribution in [3.63, 3.8) is 0 Å². The third kappa shape index (κ3) is 1.88. The van der Waals surface area contributed by atoms with Crippen molar-refractivity contribution in [3.8, 4) is 0 Å². The highest BCUT2D eigenvalue weighted by Gasteiger charge is 2.19. The van der Waals surface area contributed by atoms with Crippen LogP contribution in [0.3, 0.4) is 0 Å². The Balaban J connectivity index is 2.44. The van der Waals surface area contributed by atoms with Gasteiger partial charge in [0.2, 0.25) is 18.1 Å². The zero-order valence-corrected chi connectivity index (χ0v) is 11.7. The van der Waals surface area contributed by atoms with E-state index < -0.39 is 0 Å². The van der Waals surface area contributed by atoms with E-state index in [-0.39, 0.29) is 0 Å². The lowest BCUT2D eigenvalue weighted by molar-refractivity contribution is -0.784. The van der Waals surface area contributed by atoms with E-state index in [0.29, 0.717) is 0 Å². The number of aromatic nitrogens is 4. The van der Waals surface area contributed by atoms with Crippen LogP contribution in [0.1, 0.15) is 22.8 Å². The number of rotatable bonds is 2. The van der Waals surface area contributed by atoms with Gasteiger partial charge >= 0.3 is 0 Å². The molecule has 0 atom stereocenters. The maximum absolute atomic E-state index is 2.28. The molecule has 2 aromatic rings. The molecular formula is C13H22N4+2. The standard InChI is InChI=1S/C13H22N4/c1-10-7-12(3)16(14(10)5)9-17-13(4)8-11(2)15(17)6/h7-8H,9H2,1-6H3/q+2. The van der Waals surface area contributed by atoms with Crippen LogP contribution in [-0.2, 0) is 20.8 Å². The predicted molar refractivity (Wildman–Crippen MR) is 65.6 cm³/mol. The van der Waals surface area contributed by atoms with E-state index in [0.717, 1.165) is 6.67 Å². The first kappa shape index (κ1) is 11.9. The Kier molecular flexibility index (Phi) is 2.81. The van der Waals surface area contributed by atoms with Gasteiger partial charge < -0.3 is 0 Å². The minimum atomic E-state index is 0.854. The van der Waals surface area contributed by atoms with Crippen LogP contribution < -0.4 is 9.36 Å². The molecule has 0 aromatic carbocycles. The maximum atomic E-state index is 2.28. The molecule has 0 radical (unpaired) electrons. The lowest BCUT2D eigenvalue weighted by atomic mass is 10.4. The largest absolute Gasteiger partial charge is 0.206 e. The summed E-state index contributed by atoms with van der Waals surface area (Å²) >= 11 is 0. The van der Waals surface area contributed by atoms with E-state index >= 15 is 0 Å². The van der Waals surface area contributed by atoms with Crippen LogP contribution in [0.15, 0.2) is 12.1 Å². The number of aryl methyl sites for hydroxylation is 4. The molecule has 0 amide bonds. The van der Waals surface area contributed by atoms with E-state index in [9.17, 15) is 0 Å². The molecule has 2 rings (SSSR count). The molecule has 4 heteroatoms. The van der Waals surface area contributed by atoms with E-state index in [1.54, 1.807) is 0 Å². The molecule has 17 heavy (non-hydrogen) atoms. The van der Waals surface area contributed by atoms with E-state index in [1.165, 1.54) is 22.8 Å². The van der Waals surface area contributed by atoms with Gasteiger partial charge in [-0.25, -0.2) is 0 Å². The quantitative estimate of drug-likeness (QED) is 0.680. The van der Waals surface area contributed by atoms with Crippen LogP contribution in [0.25, 0.3) is 0 Å². The van der Waals surface area contributed by atoms with Crippen molar-refractivity contribution >= 4 is 0 Å². The highest BCUT2D eigenvalue weighted by Crippen LogP contribution is 2.03. The summed E-state index contributed by atoms with van der Waals surface area (Å²) in [4.78, 5) is 0. The summed E-state index contributed by atoms with van der Waals surface area (Å²) in [6.45, 7) is 9.43. The van der Waals surface area contributed by atoms with Gasteiger partial charge in [0.05, 0.1) is 11.4 Å². The van der Waals surface area contributed by atoms with Crippen LogP contribution in [0.5, 0.6) is 0 Å². The Morgan fingerprint density at radius 2 is 1.18 bits per heavy atom. The van der Waals surface area contributed by atoms with Crippen LogP contribution in [0.4, 0.5) is 0 Å². The number of hydrogen-bond acceptors (Lipinski definition) is 0. The molecule has 0 bridgehead atoms. The van der Waals surface area contributed by atoms with Crippen LogP contribution in [0.2, 0.25) is 0 Å². The summed E-state index contributed by atoms with van der Waals surface area (Å²) in [5.41, 5.74) is 5.14. The van der Waals surface area contributed by atoms with Gasteiger partial charge in [-0.15, -0.1) is 18.7 Å². The predicted octanol–water partition coefficient (Wildman–Crippen LogP) is 0.678. The van der Waals surface area contributed by atoms with Gasteiger partial charge in [0.15, 0.2) is 14.1 Å². The normalized spacial score (nSPS) is 11.2. The van der Waals surface area contributed by atoms with Crippen LogP contribution in [0, 0.1) is 27.7 Å². The van der Waals surface area contributed by atoms with Crippen molar-refractivity contribution in [2.24, 2.45) is 14.1 Å². The fourth-order valence-corrected chi connectivity index (χ4v) is 2.33. The van der Waals surface area contributed by atoms with Gasteiger partial charge in [-0.2, -0.15) is 0 Å². The fraction of sp³-hybridized carbons (Fsp3) is 0.538.